The predicted molar refractivity (Wildman–Crippen MR) is 68.8 cm³/mol. The smallest absolute Gasteiger partial charge is 0.130 e. The molecule has 92 valence electrons. The summed E-state index contributed by atoms with van der Waals surface area (Å²) in [4.78, 5) is 7.95. The van der Waals surface area contributed by atoms with Crippen molar-refractivity contribution in [1.82, 2.24) is 9.97 Å². The van der Waals surface area contributed by atoms with Crippen LogP contribution in [-0.4, -0.2) is 22.2 Å². The van der Waals surface area contributed by atoms with Gasteiger partial charge in [0.15, 0.2) is 0 Å². The number of H-pyrrole nitrogens is 1. The summed E-state index contributed by atoms with van der Waals surface area (Å²) < 4.78 is 6.58. The highest BCUT2D eigenvalue weighted by atomic mass is 32.1. The molecular weight excluding hydrogens is 232 g/mol. The number of nitrogens with one attached hydrogen (secondary N) is 1. The Bertz CT molecular complexity index is 483. The van der Waals surface area contributed by atoms with E-state index in [-0.39, 0.29) is 0 Å². The maximum atomic E-state index is 5.89. The van der Waals surface area contributed by atoms with Crippen molar-refractivity contribution in [3.63, 3.8) is 0 Å². The molecule has 1 aromatic rings. The lowest BCUT2D eigenvalue weighted by Crippen LogP contribution is -2.18. The molecule has 17 heavy (non-hydrogen) atoms. The lowest BCUT2D eigenvalue weighted by Gasteiger charge is -2.19. The van der Waals surface area contributed by atoms with Crippen LogP contribution in [0.3, 0.4) is 0 Å². The van der Waals surface area contributed by atoms with Crippen LogP contribution in [0.2, 0.25) is 0 Å². The third-order valence-corrected chi connectivity index (χ3v) is 4.07. The summed E-state index contributed by atoms with van der Waals surface area (Å²) in [5.74, 6) is 1.92. The maximum absolute atomic E-state index is 5.89. The number of aromatic amines is 1. The summed E-state index contributed by atoms with van der Waals surface area (Å²) >= 11 is 5.26. The van der Waals surface area contributed by atoms with Crippen LogP contribution in [0.4, 0.5) is 0 Å². The van der Waals surface area contributed by atoms with Crippen LogP contribution in [0, 0.1) is 4.64 Å². The molecule has 4 heteroatoms. The molecule has 0 radical (unpaired) electrons. The molecular formula is C13H18N2OS. The third kappa shape index (κ3) is 2.04. The molecule has 3 unspecified atom stereocenters. The number of hydrogen-bond donors (Lipinski definition) is 1. The standard InChI is InChI=1S/C13H18N2OS/c1-7(2)10-6-12(17)15-13(14-10)9-5-8-3-4-11(9)16-8/h6-9,11H,3-5H2,1-2H3,(H,14,15,17). The molecule has 3 atom stereocenters. The van der Waals surface area contributed by atoms with Crippen molar-refractivity contribution in [1.29, 1.82) is 0 Å². The Kier molecular flexibility index (Phi) is 2.79. The summed E-state index contributed by atoms with van der Waals surface area (Å²) in [6.45, 7) is 4.34. The summed E-state index contributed by atoms with van der Waals surface area (Å²) in [5.41, 5.74) is 1.18. The van der Waals surface area contributed by atoms with Crippen molar-refractivity contribution >= 4 is 12.2 Å². The van der Waals surface area contributed by atoms with E-state index < -0.39 is 0 Å². The van der Waals surface area contributed by atoms with Gasteiger partial charge in [-0.3, -0.25) is 0 Å². The van der Waals surface area contributed by atoms with Gasteiger partial charge < -0.3 is 9.72 Å². The summed E-state index contributed by atoms with van der Waals surface area (Å²) in [5, 5.41) is 0. The molecule has 3 nitrogen and oxygen atoms in total. The zero-order chi connectivity index (χ0) is 12.0. The van der Waals surface area contributed by atoms with Crippen LogP contribution in [0.15, 0.2) is 6.07 Å². The first-order valence-electron chi connectivity index (χ1n) is 6.40. The Morgan fingerprint density at radius 2 is 2.29 bits per heavy atom. The molecule has 1 aromatic heterocycles. The second-order valence-electron chi connectivity index (χ2n) is 5.43. The Hall–Kier alpha value is -0.740. The SMILES string of the molecule is CC(C)c1cc(=S)nc(C2CC3CCC2O3)[nH]1. The van der Waals surface area contributed by atoms with Crippen molar-refractivity contribution in [3.05, 3.63) is 22.2 Å². The van der Waals surface area contributed by atoms with E-state index in [2.05, 4.69) is 23.8 Å². The molecule has 3 heterocycles. The van der Waals surface area contributed by atoms with Gasteiger partial charge in [-0.15, -0.1) is 0 Å². The van der Waals surface area contributed by atoms with Gasteiger partial charge in [0.2, 0.25) is 0 Å². The highest BCUT2D eigenvalue weighted by Gasteiger charge is 2.42. The van der Waals surface area contributed by atoms with Gasteiger partial charge in [0.05, 0.1) is 12.2 Å². The van der Waals surface area contributed by atoms with Gasteiger partial charge in [-0.25, -0.2) is 4.98 Å². The quantitative estimate of drug-likeness (QED) is 0.818. The maximum Gasteiger partial charge on any atom is 0.130 e. The number of ether oxygens (including phenoxy) is 1. The topological polar surface area (TPSA) is 37.9 Å². The Labute approximate surface area is 107 Å². The molecule has 2 bridgehead atoms. The molecule has 3 rings (SSSR count). The van der Waals surface area contributed by atoms with Crippen LogP contribution in [0.1, 0.15) is 56.5 Å². The molecule has 0 spiro atoms. The average Bonchev–Trinajstić information content (AvgIpc) is 2.89. The fourth-order valence-electron chi connectivity index (χ4n) is 2.91. The largest absolute Gasteiger partial charge is 0.374 e. The monoisotopic (exact) mass is 250 g/mol. The first-order chi connectivity index (χ1) is 8.13. The van der Waals surface area contributed by atoms with E-state index >= 15 is 0 Å². The second kappa shape index (κ2) is 4.18. The molecule has 0 aliphatic carbocycles. The van der Waals surface area contributed by atoms with Crippen molar-refractivity contribution in [2.24, 2.45) is 0 Å². The van der Waals surface area contributed by atoms with Crippen molar-refractivity contribution < 1.29 is 4.74 Å². The van der Waals surface area contributed by atoms with E-state index in [1.54, 1.807) is 0 Å². The normalized spacial score (nSPS) is 31.4. The Morgan fingerprint density at radius 1 is 1.47 bits per heavy atom. The fourth-order valence-corrected chi connectivity index (χ4v) is 3.13. The van der Waals surface area contributed by atoms with Gasteiger partial charge in [-0.05, 0) is 31.2 Å². The van der Waals surface area contributed by atoms with Crippen LogP contribution < -0.4 is 0 Å². The minimum Gasteiger partial charge on any atom is -0.374 e. The Balaban J connectivity index is 1.95. The Morgan fingerprint density at radius 3 is 2.88 bits per heavy atom. The van der Waals surface area contributed by atoms with E-state index in [4.69, 9.17) is 17.0 Å². The first-order valence-corrected chi connectivity index (χ1v) is 6.81. The molecule has 2 aliphatic rings. The fraction of sp³-hybridized carbons (Fsp3) is 0.692. The zero-order valence-electron chi connectivity index (χ0n) is 10.3. The number of hydrogen-bond acceptors (Lipinski definition) is 3. The minimum absolute atomic E-state index is 0.362. The van der Waals surface area contributed by atoms with Crippen LogP contribution >= 0.6 is 12.2 Å². The highest BCUT2D eigenvalue weighted by molar-refractivity contribution is 7.71. The molecule has 0 aromatic carbocycles. The third-order valence-electron chi connectivity index (χ3n) is 3.86. The van der Waals surface area contributed by atoms with Crippen LogP contribution in [0.5, 0.6) is 0 Å². The lowest BCUT2D eigenvalue weighted by atomic mass is 9.88. The number of nitrogens with zero attached hydrogens (tertiary/aromatic N) is 1. The van der Waals surface area contributed by atoms with Crippen LogP contribution in [-0.2, 0) is 4.74 Å². The van der Waals surface area contributed by atoms with Crippen molar-refractivity contribution in [3.8, 4) is 0 Å². The van der Waals surface area contributed by atoms with Crippen molar-refractivity contribution in [2.45, 2.75) is 57.2 Å². The number of fused-ring (bicyclic) bond motifs is 2. The van der Waals surface area contributed by atoms with E-state index in [9.17, 15) is 0 Å². The van der Waals surface area contributed by atoms with E-state index in [0.29, 0.717) is 28.7 Å². The van der Waals surface area contributed by atoms with E-state index in [1.165, 1.54) is 18.5 Å². The zero-order valence-corrected chi connectivity index (χ0v) is 11.1. The first kappa shape index (κ1) is 11.4. The molecule has 2 fully saturated rings. The summed E-state index contributed by atoms with van der Waals surface area (Å²) in [6.07, 6.45) is 4.30. The second-order valence-corrected chi connectivity index (χ2v) is 5.85. The van der Waals surface area contributed by atoms with Gasteiger partial charge in [-0.2, -0.15) is 0 Å². The molecule has 2 aliphatic heterocycles. The highest BCUT2D eigenvalue weighted by Crippen LogP contribution is 2.43. The summed E-state index contributed by atoms with van der Waals surface area (Å²) in [7, 11) is 0. The number of aromatic nitrogens is 2. The van der Waals surface area contributed by atoms with E-state index in [0.717, 1.165) is 12.2 Å². The van der Waals surface area contributed by atoms with Crippen molar-refractivity contribution in [2.75, 3.05) is 0 Å². The molecule has 0 saturated carbocycles. The number of rotatable bonds is 2. The lowest BCUT2D eigenvalue weighted by molar-refractivity contribution is 0.0998. The molecule has 1 N–H and O–H groups in total. The summed E-state index contributed by atoms with van der Waals surface area (Å²) in [6, 6.07) is 1.97. The average molecular weight is 250 g/mol. The van der Waals surface area contributed by atoms with Crippen LogP contribution in [0.25, 0.3) is 0 Å². The van der Waals surface area contributed by atoms with Gasteiger partial charge in [0.1, 0.15) is 10.5 Å². The van der Waals surface area contributed by atoms with E-state index in [1.807, 2.05) is 6.07 Å². The minimum atomic E-state index is 0.362. The van der Waals surface area contributed by atoms with Gasteiger partial charge in [0, 0.05) is 11.6 Å². The molecule has 2 saturated heterocycles. The molecule has 0 amide bonds. The van der Waals surface area contributed by atoms with Gasteiger partial charge in [0.25, 0.3) is 0 Å². The van der Waals surface area contributed by atoms with Gasteiger partial charge >= 0.3 is 0 Å². The predicted octanol–water partition coefficient (Wildman–Crippen LogP) is 3.30. The van der Waals surface area contributed by atoms with Gasteiger partial charge in [-0.1, -0.05) is 26.1 Å².